The third-order valence-corrected chi connectivity index (χ3v) is 3.96. The molecule has 2 aromatic carbocycles. The van der Waals surface area contributed by atoms with Gasteiger partial charge in [-0.3, -0.25) is 14.9 Å². The van der Waals surface area contributed by atoms with Crippen molar-refractivity contribution < 1.29 is 19.2 Å². The van der Waals surface area contributed by atoms with E-state index in [1.54, 1.807) is 18.2 Å². The predicted molar refractivity (Wildman–Crippen MR) is 95.5 cm³/mol. The van der Waals surface area contributed by atoms with Gasteiger partial charge in [-0.05, 0) is 53.2 Å². The van der Waals surface area contributed by atoms with Crippen molar-refractivity contribution in [2.24, 2.45) is 0 Å². The highest BCUT2D eigenvalue weighted by molar-refractivity contribution is 9.10. The molecule has 1 atom stereocenters. The molecule has 1 amide bonds. The van der Waals surface area contributed by atoms with Crippen LogP contribution in [0.25, 0.3) is 0 Å². The number of carbonyl (C=O) groups excluding carboxylic acids is 2. The largest absolute Gasteiger partial charge is 0.449 e. The first-order valence-corrected chi connectivity index (χ1v) is 8.07. The molecule has 0 aromatic heterocycles. The molecule has 0 heterocycles. The lowest BCUT2D eigenvalue weighted by Gasteiger charge is -2.13. The van der Waals surface area contributed by atoms with Crippen molar-refractivity contribution in [3.8, 4) is 6.07 Å². The van der Waals surface area contributed by atoms with E-state index in [0.717, 1.165) is 6.07 Å². The number of esters is 1. The van der Waals surface area contributed by atoms with E-state index in [1.165, 1.54) is 25.1 Å². The third kappa shape index (κ3) is 4.64. The fraction of sp³-hybridized carbons (Fsp3) is 0.118. The fourth-order valence-corrected chi connectivity index (χ4v) is 2.36. The maximum Gasteiger partial charge on any atom is 0.339 e. The summed E-state index contributed by atoms with van der Waals surface area (Å²) in [6.45, 7) is 1.37. The van der Waals surface area contributed by atoms with Crippen molar-refractivity contribution >= 4 is 39.2 Å². The molecule has 1 N–H and O–H groups in total. The summed E-state index contributed by atoms with van der Waals surface area (Å²) < 4.78 is 5.27. The number of nitro benzene ring substituents is 1. The number of benzene rings is 2. The predicted octanol–water partition coefficient (Wildman–Crippen LogP) is 3.41. The average Bonchev–Trinajstić information content (AvgIpc) is 2.61. The summed E-state index contributed by atoms with van der Waals surface area (Å²) in [4.78, 5) is 34.5. The van der Waals surface area contributed by atoms with Crippen molar-refractivity contribution in [3.05, 3.63) is 68.2 Å². The lowest BCUT2D eigenvalue weighted by Crippen LogP contribution is -2.30. The summed E-state index contributed by atoms with van der Waals surface area (Å²) in [7, 11) is 0. The molecule has 9 heteroatoms. The number of rotatable bonds is 5. The number of amides is 1. The maximum absolute atomic E-state index is 12.1. The monoisotopic (exact) mass is 417 g/mol. The second kappa shape index (κ2) is 8.22. The lowest BCUT2D eigenvalue weighted by molar-refractivity contribution is -0.385. The van der Waals surface area contributed by atoms with E-state index < -0.39 is 22.9 Å². The number of carbonyl (C=O) groups is 2. The van der Waals surface area contributed by atoms with Crippen LogP contribution in [0.15, 0.2) is 46.9 Å². The lowest BCUT2D eigenvalue weighted by atomic mass is 10.2. The first kappa shape index (κ1) is 19.1. The summed E-state index contributed by atoms with van der Waals surface area (Å²) in [5.41, 5.74) is 0.418. The van der Waals surface area contributed by atoms with Crippen LogP contribution in [0.4, 0.5) is 11.4 Å². The van der Waals surface area contributed by atoms with Crippen LogP contribution in [0.3, 0.4) is 0 Å². The molecule has 0 radical (unpaired) electrons. The number of hydrogen-bond acceptors (Lipinski definition) is 6. The molecule has 26 heavy (non-hydrogen) atoms. The van der Waals surface area contributed by atoms with Crippen molar-refractivity contribution in [1.82, 2.24) is 0 Å². The van der Waals surface area contributed by atoms with E-state index in [1.807, 2.05) is 6.07 Å². The standard InChI is InChI=1S/C17H12BrN3O5/c1-10(16(22)20-13-4-2-3-11(7-13)9-19)26-17(23)12-5-6-14(18)15(8-12)21(24)25/h2-8,10H,1H3,(H,20,22). The smallest absolute Gasteiger partial charge is 0.339 e. The van der Waals surface area contributed by atoms with Crippen molar-refractivity contribution in [1.29, 1.82) is 5.26 Å². The van der Waals surface area contributed by atoms with Crippen LogP contribution in [-0.2, 0) is 9.53 Å². The van der Waals surface area contributed by atoms with Crippen LogP contribution in [0.5, 0.6) is 0 Å². The van der Waals surface area contributed by atoms with E-state index in [-0.39, 0.29) is 15.7 Å². The van der Waals surface area contributed by atoms with Crippen LogP contribution in [0.2, 0.25) is 0 Å². The van der Waals surface area contributed by atoms with Crippen LogP contribution in [0.1, 0.15) is 22.8 Å². The molecule has 0 aliphatic carbocycles. The number of nitrogens with one attached hydrogen (secondary N) is 1. The highest BCUT2D eigenvalue weighted by Crippen LogP contribution is 2.26. The van der Waals surface area contributed by atoms with E-state index in [0.29, 0.717) is 11.3 Å². The van der Waals surface area contributed by atoms with Gasteiger partial charge < -0.3 is 10.1 Å². The van der Waals surface area contributed by atoms with Gasteiger partial charge >= 0.3 is 5.97 Å². The zero-order valence-corrected chi connectivity index (χ0v) is 15.0. The molecule has 2 rings (SSSR count). The molecule has 132 valence electrons. The quantitative estimate of drug-likeness (QED) is 0.451. The second-order valence-corrected chi connectivity index (χ2v) is 6.01. The number of nitrogens with zero attached hydrogens (tertiary/aromatic N) is 2. The Morgan fingerprint density at radius 2 is 2.04 bits per heavy atom. The van der Waals surface area contributed by atoms with Gasteiger partial charge in [-0.25, -0.2) is 4.79 Å². The Bertz CT molecular complexity index is 923. The number of hydrogen-bond donors (Lipinski definition) is 1. The van der Waals surface area contributed by atoms with Crippen molar-refractivity contribution in [2.45, 2.75) is 13.0 Å². The number of ether oxygens (including phenoxy) is 1. The van der Waals surface area contributed by atoms with E-state index in [4.69, 9.17) is 10.00 Å². The third-order valence-electron chi connectivity index (χ3n) is 3.29. The van der Waals surface area contributed by atoms with Crippen LogP contribution in [-0.4, -0.2) is 22.9 Å². The number of anilines is 1. The van der Waals surface area contributed by atoms with Gasteiger partial charge in [0.2, 0.25) is 0 Å². The zero-order valence-electron chi connectivity index (χ0n) is 13.4. The van der Waals surface area contributed by atoms with Crippen LogP contribution < -0.4 is 5.32 Å². The van der Waals surface area contributed by atoms with Gasteiger partial charge in [-0.1, -0.05) is 6.07 Å². The molecular weight excluding hydrogens is 406 g/mol. The van der Waals surface area contributed by atoms with Gasteiger partial charge in [0.15, 0.2) is 6.10 Å². The Kier molecular flexibility index (Phi) is 6.03. The topological polar surface area (TPSA) is 122 Å². The Morgan fingerprint density at radius 3 is 2.69 bits per heavy atom. The molecule has 0 aliphatic rings. The highest BCUT2D eigenvalue weighted by Gasteiger charge is 2.22. The Morgan fingerprint density at radius 1 is 1.31 bits per heavy atom. The fourth-order valence-electron chi connectivity index (χ4n) is 1.97. The molecule has 0 bridgehead atoms. The van der Waals surface area contributed by atoms with E-state index >= 15 is 0 Å². The highest BCUT2D eigenvalue weighted by atomic mass is 79.9. The molecule has 1 unspecified atom stereocenters. The Labute approximate surface area is 156 Å². The van der Waals surface area contributed by atoms with Crippen molar-refractivity contribution in [2.75, 3.05) is 5.32 Å². The molecule has 0 saturated carbocycles. The van der Waals surface area contributed by atoms with Crippen LogP contribution in [0, 0.1) is 21.4 Å². The van der Waals surface area contributed by atoms with Crippen molar-refractivity contribution in [3.63, 3.8) is 0 Å². The first-order valence-electron chi connectivity index (χ1n) is 7.27. The summed E-state index contributed by atoms with van der Waals surface area (Å²) in [6, 6.07) is 12.0. The number of halogens is 1. The number of nitriles is 1. The van der Waals surface area contributed by atoms with Gasteiger partial charge in [0.25, 0.3) is 11.6 Å². The van der Waals surface area contributed by atoms with Gasteiger partial charge in [0.05, 0.1) is 26.6 Å². The molecule has 0 aliphatic heterocycles. The van der Waals surface area contributed by atoms with Gasteiger partial charge in [-0.15, -0.1) is 0 Å². The molecule has 0 spiro atoms. The SMILES string of the molecule is CC(OC(=O)c1ccc(Br)c([N+](=O)[O-])c1)C(=O)Nc1cccc(C#N)c1. The summed E-state index contributed by atoms with van der Waals surface area (Å²) in [6.07, 6.45) is -1.14. The summed E-state index contributed by atoms with van der Waals surface area (Å²) >= 11 is 3.02. The normalized spacial score (nSPS) is 11.1. The molecular formula is C17H12BrN3O5. The maximum atomic E-state index is 12.1. The molecule has 2 aromatic rings. The average molecular weight is 418 g/mol. The minimum atomic E-state index is -1.14. The molecule has 0 fully saturated rings. The van der Waals surface area contributed by atoms with Gasteiger partial charge in [0, 0.05) is 11.8 Å². The van der Waals surface area contributed by atoms with Crippen LogP contribution >= 0.6 is 15.9 Å². The first-order chi connectivity index (χ1) is 12.3. The summed E-state index contributed by atoms with van der Waals surface area (Å²) in [5.74, 6) is -1.46. The Balaban J connectivity index is 2.06. The number of nitro groups is 1. The van der Waals surface area contributed by atoms with E-state index in [2.05, 4.69) is 21.2 Å². The molecule has 8 nitrogen and oxygen atoms in total. The van der Waals surface area contributed by atoms with Gasteiger partial charge in [0.1, 0.15) is 0 Å². The van der Waals surface area contributed by atoms with E-state index in [9.17, 15) is 19.7 Å². The zero-order chi connectivity index (χ0) is 19.3. The molecule has 0 saturated heterocycles. The summed E-state index contributed by atoms with van der Waals surface area (Å²) in [5, 5.41) is 22.3. The minimum absolute atomic E-state index is 0.0500. The minimum Gasteiger partial charge on any atom is -0.449 e. The second-order valence-electron chi connectivity index (χ2n) is 5.15. The Hall–Kier alpha value is -3.25. The van der Waals surface area contributed by atoms with Gasteiger partial charge in [-0.2, -0.15) is 5.26 Å².